The van der Waals surface area contributed by atoms with E-state index in [1.807, 2.05) is 0 Å². The number of carboxylic acids is 1. The molecule has 0 saturated carbocycles. The summed E-state index contributed by atoms with van der Waals surface area (Å²) >= 11 is 0. The molecule has 0 spiro atoms. The first kappa shape index (κ1) is 15.9. The van der Waals surface area contributed by atoms with Crippen molar-refractivity contribution in [3.05, 3.63) is 0 Å². The molecule has 0 aliphatic heterocycles. The molecule has 9 heavy (non-hydrogen) atoms. The van der Waals surface area contributed by atoms with E-state index >= 15 is 0 Å². The molecule has 0 atom stereocenters. The van der Waals surface area contributed by atoms with Gasteiger partial charge in [0.25, 0.3) is 5.97 Å². The molecule has 6 heteroatoms. The van der Waals surface area contributed by atoms with Gasteiger partial charge in [0.1, 0.15) is 0 Å². The van der Waals surface area contributed by atoms with Crippen LogP contribution in [0.25, 0.3) is 0 Å². The molecule has 48 valence electrons. The van der Waals surface area contributed by atoms with E-state index in [0.717, 1.165) is 6.92 Å². The van der Waals surface area contributed by atoms with Gasteiger partial charge in [0.05, 0.1) is 0 Å². The van der Waals surface area contributed by atoms with Crippen LogP contribution in [-0.4, -0.2) is 22.3 Å². The Morgan fingerprint density at radius 3 is 1.33 bits per heavy atom. The maximum Gasteiger partial charge on any atom is 1.00 e. The van der Waals surface area contributed by atoms with Crippen molar-refractivity contribution in [2.75, 3.05) is 0 Å². The monoisotopic (exact) mass is 144 g/mol. The van der Waals surface area contributed by atoms with Crippen LogP contribution in [0.15, 0.2) is 0 Å². The van der Waals surface area contributed by atoms with E-state index in [4.69, 9.17) is 24.9 Å². The molecule has 0 aromatic rings. The van der Waals surface area contributed by atoms with Crippen LogP contribution in [0.4, 0.5) is 4.79 Å². The Kier molecular flexibility index (Phi) is 18.8. The fourth-order valence-corrected chi connectivity index (χ4v) is 0. The summed E-state index contributed by atoms with van der Waals surface area (Å²) in [5.41, 5.74) is 0. The summed E-state index contributed by atoms with van der Waals surface area (Å²) in [5.74, 6) is -0.833. The van der Waals surface area contributed by atoms with Crippen LogP contribution in [0.3, 0.4) is 0 Å². The van der Waals surface area contributed by atoms with E-state index in [1.165, 1.54) is 0 Å². The molecule has 0 amide bonds. The van der Waals surface area contributed by atoms with E-state index in [0.29, 0.717) is 0 Å². The topological polar surface area (TPSA) is 97.7 Å². The van der Waals surface area contributed by atoms with Gasteiger partial charge >= 0.3 is 29.6 Å². The Balaban J connectivity index is -0.0000000720. The van der Waals surface area contributed by atoms with Crippen LogP contribution in [0.1, 0.15) is 6.92 Å². The molecule has 0 unspecified atom stereocenters. The quantitative estimate of drug-likeness (QED) is 0.337. The molecule has 0 bridgehead atoms. The maximum atomic E-state index is 9.00. The summed E-state index contributed by atoms with van der Waals surface area (Å²) in [7, 11) is 0. The number of aliphatic carboxylic acids is 1. The van der Waals surface area contributed by atoms with Gasteiger partial charge in [-0.3, -0.25) is 4.79 Å². The third-order valence-electron chi connectivity index (χ3n) is 0. The maximum absolute atomic E-state index is 9.00. The average molecular weight is 144 g/mol. The van der Waals surface area contributed by atoms with E-state index < -0.39 is 12.1 Å². The molecule has 0 rings (SSSR count). The molecule has 0 aromatic heterocycles. The largest absolute Gasteiger partial charge is 1.00 e. The second kappa shape index (κ2) is 10.7. The van der Waals surface area contributed by atoms with Crippen LogP contribution in [0.2, 0.25) is 0 Å². The average Bonchev–Trinajstić information content (AvgIpc) is 1.25. The summed E-state index contributed by atoms with van der Waals surface area (Å²) in [6.45, 7) is 1.08. The van der Waals surface area contributed by atoms with Crippen molar-refractivity contribution in [3.8, 4) is 0 Å². The zero-order valence-corrected chi connectivity index (χ0v) is 7.12. The molecule has 0 saturated heterocycles. The molecule has 5 nitrogen and oxygen atoms in total. The Morgan fingerprint density at radius 2 is 1.33 bits per heavy atom. The molecule has 2 N–H and O–H groups in total. The van der Waals surface area contributed by atoms with Crippen molar-refractivity contribution in [2.24, 2.45) is 0 Å². The molecule has 0 fully saturated rings. The molecule has 0 aromatic carbocycles. The molecule has 0 heterocycles. The van der Waals surface area contributed by atoms with Gasteiger partial charge in [0, 0.05) is 6.92 Å². The third kappa shape index (κ3) is 3770. The van der Waals surface area contributed by atoms with Gasteiger partial charge in [-0.05, 0) is 0 Å². The van der Waals surface area contributed by atoms with E-state index in [1.54, 1.807) is 0 Å². The van der Waals surface area contributed by atoms with E-state index in [-0.39, 0.29) is 29.6 Å². The van der Waals surface area contributed by atoms with Crippen LogP contribution < -0.4 is 34.7 Å². The number of hydrogen-bond acceptors (Lipinski definition) is 3. The number of hydrogen-bond donors (Lipinski definition) is 2. The van der Waals surface area contributed by atoms with Crippen LogP contribution in [-0.2, 0) is 4.79 Å². The first-order chi connectivity index (χ1) is 3.46. The SMILES string of the molecule is CC(=O)O.O=C([O-])O.[Na+]. The summed E-state index contributed by atoms with van der Waals surface area (Å²) in [6.07, 6.45) is -2.08. The van der Waals surface area contributed by atoms with Gasteiger partial charge in [0.15, 0.2) is 0 Å². The molecular formula is C3H5NaO5. The summed E-state index contributed by atoms with van der Waals surface area (Å²) in [4.78, 5) is 17.4. The fourth-order valence-electron chi connectivity index (χ4n) is 0. The number of rotatable bonds is 0. The fraction of sp³-hybridized carbons (Fsp3) is 0.333. The van der Waals surface area contributed by atoms with E-state index in [2.05, 4.69) is 0 Å². The zero-order valence-electron chi connectivity index (χ0n) is 5.12. The summed E-state index contributed by atoms with van der Waals surface area (Å²) in [5, 5.41) is 22.7. The predicted octanol–water partition coefficient (Wildman–Crippen LogP) is -4.02. The van der Waals surface area contributed by atoms with Crippen LogP contribution in [0.5, 0.6) is 0 Å². The minimum absolute atomic E-state index is 0. The summed E-state index contributed by atoms with van der Waals surface area (Å²) < 4.78 is 0. The van der Waals surface area contributed by atoms with Crippen LogP contribution in [0, 0.1) is 0 Å². The van der Waals surface area contributed by atoms with Crippen molar-refractivity contribution in [2.45, 2.75) is 6.92 Å². The van der Waals surface area contributed by atoms with Crippen molar-refractivity contribution in [1.29, 1.82) is 0 Å². The summed E-state index contributed by atoms with van der Waals surface area (Å²) in [6, 6.07) is 0. The first-order valence-corrected chi connectivity index (χ1v) is 1.56. The molecular weight excluding hydrogens is 139 g/mol. The minimum Gasteiger partial charge on any atom is -0.565 e. The van der Waals surface area contributed by atoms with Crippen molar-refractivity contribution in [3.63, 3.8) is 0 Å². The second-order valence-corrected chi connectivity index (χ2v) is 0.785. The Bertz CT molecular complexity index is 70.2. The zero-order chi connectivity index (χ0) is 7.15. The van der Waals surface area contributed by atoms with Gasteiger partial charge in [0.2, 0.25) is 6.16 Å². The molecule has 0 aliphatic rings. The van der Waals surface area contributed by atoms with Crippen molar-refractivity contribution >= 4 is 12.1 Å². The normalized spacial score (nSPS) is 5.44. The second-order valence-electron chi connectivity index (χ2n) is 0.785. The Hall–Kier alpha value is -0.260. The smallest absolute Gasteiger partial charge is 0.565 e. The minimum atomic E-state index is -2.08. The number of carbonyl (C=O) groups is 2. The van der Waals surface area contributed by atoms with Gasteiger partial charge in [-0.2, -0.15) is 0 Å². The van der Waals surface area contributed by atoms with Gasteiger partial charge in [-0.1, -0.05) is 0 Å². The number of carboxylic acid groups (broad SMARTS) is 3. The van der Waals surface area contributed by atoms with E-state index in [9.17, 15) is 0 Å². The van der Waals surface area contributed by atoms with Gasteiger partial charge in [-0.25, -0.2) is 0 Å². The van der Waals surface area contributed by atoms with Crippen molar-refractivity contribution in [1.82, 2.24) is 0 Å². The van der Waals surface area contributed by atoms with Gasteiger partial charge < -0.3 is 20.1 Å². The standard InChI is InChI=1S/C2H4O2.CH2O3.Na/c1-2(3)4;2-1(3)4;/h1H3,(H,3,4);(H2,2,3,4);/q;;+1/p-1. The van der Waals surface area contributed by atoms with Crippen LogP contribution >= 0.6 is 0 Å². The Morgan fingerprint density at radius 1 is 1.33 bits per heavy atom. The molecule has 0 aliphatic carbocycles. The van der Waals surface area contributed by atoms with Crippen molar-refractivity contribution < 1.29 is 54.5 Å². The van der Waals surface area contributed by atoms with Gasteiger partial charge in [-0.15, -0.1) is 0 Å². The first-order valence-electron chi connectivity index (χ1n) is 1.56. The Labute approximate surface area is 73.6 Å². The third-order valence-corrected chi connectivity index (χ3v) is 0. The molecule has 0 radical (unpaired) electrons. The predicted molar refractivity (Wildman–Crippen MR) is 21.3 cm³/mol.